The third-order valence-corrected chi connectivity index (χ3v) is 7.13. The number of rotatable bonds is 7. The molecular weight excluding hydrogens is 420 g/mol. The lowest BCUT2D eigenvalue weighted by Crippen LogP contribution is -2.40. The molecule has 0 fully saturated rings. The van der Waals surface area contributed by atoms with E-state index in [2.05, 4.69) is 19.9 Å². The summed E-state index contributed by atoms with van der Waals surface area (Å²) >= 11 is 1.26. The minimum atomic E-state index is -0.311. The van der Waals surface area contributed by atoms with Crippen LogP contribution in [0.25, 0.3) is 11.3 Å². The van der Waals surface area contributed by atoms with Gasteiger partial charge < -0.3 is 4.74 Å². The highest BCUT2D eigenvalue weighted by Crippen LogP contribution is 2.43. The second-order valence-electron chi connectivity index (χ2n) is 8.34. The molecule has 3 aromatic rings. The lowest BCUT2D eigenvalue weighted by atomic mass is 9.69. The molecule has 1 aliphatic rings. The van der Waals surface area contributed by atoms with Crippen molar-refractivity contribution in [2.75, 3.05) is 12.4 Å². The summed E-state index contributed by atoms with van der Waals surface area (Å²) in [5.41, 5.74) is 4.44. The Hall–Kier alpha value is -2.86. The van der Waals surface area contributed by atoms with Crippen LogP contribution < -0.4 is 5.56 Å². The van der Waals surface area contributed by atoms with E-state index in [1.54, 1.807) is 11.5 Å². The van der Waals surface area contributed by atoms with Gasteiger partial charge in [-0.3, -0.25) is 14.2 Å². The number of nitrogens with zero attached hydrogens (tertiary/aromatic N) is 2. The van der Waals surface area contributed by atoms with Gasteiger partial charge >= 0.3 is 5.97 Å². The van der Waals surface area contributed by atoms with Crippen molar-refractivity contribution in [1.29, 1.82) is 0 Å². The highest BCUT2D eigenvalue weighted by atomic mass is 32.2. The van der Waals surface area contributed by atoms with Crippen molar-refractivity contribution < 1.29 is 9.53 Å². The average Bonchev–Trinajstić information content (AvgIpc) is 2.80. The fourth-order valence-corrected chi connectivity index (χ4v) is 5.12. The van der Waals surface area contributed by atoms with Crippen molar-refractivity contribution in [3.8, 4) is 11.3 Å². The van der Waals surface area contributed by atoms with Gasteiger partial charge in [0.2, 0.25) is 0 Å². The summed E-state index contributed by atoms with van der Waals surface area (Å²) in [7, 11) is 0. The number of benzene rings is 2. The van der Waals surface area contributed by atoms with Gasteiger partial charge in [-0.1, -0.05) is 80.2 Å². The molecule has 166 valence electrons. The molecule has 5 nitrogen and oxygen atoms in total. The SMILES string of the molecule is CCOC(=O)CSc1nc2c(c(=O)n1Cc1ccccc1)[C@](C)(CC)Cc1ccccc1-2. The minimum absolute atomic E-state index is 0.0240. The van der Waals surface area contributed by atoms with Crippen molar-refractivity contribution in [1.82, 2.24) is 9.55 Å². The number of hydrogen-bond donors (Lipinski definition) is 0. The van der Waals surface area contributed by atoms with Crippen LogP contribution in [0.3, 0.4) is 0 Å². The third kappa shape index (κ3) is 4.24. The topological polar surface area (TPSA) is 61.2 Å². The largest absolute Gasteiger partial charge is 0.465 e. The van der Waals surface area contributed by atoms with Gasteiger partial charge in [-0.05, 0) is 30.9 Å². The summed E-state index contributed by atoms with van der Waals surface area (Å²) < 4.78 is 6.82. The molecule has 0 spiro atoms. The first-order valence-corrected chi connectivity index (χ1v) is 12.0. The van der Waals surface area contributed by atoms with Crippen LogP contribution in [0.5, 0.6) is 0 Å². The van der Waals surface area contributed by atoms with Gasteiger partial charge in [0.05, 0.1) is 30.2 Å². The van der Waals surface area contributed by atoms with E-state index in [1.165, 1.54) is 17.3 Å². The Labute approximate surface area is 192 Å². The molecule has 2 aromatic carbocycles. The summed E-state index contributed by atoms with van der Waals surface area (Å²) in [5, 5.41) is 0.542. The van der Waals surface area contributed by atoms with Gasteiger partial charge in [0.1, 0.15) is 0 Å². The predicted molar refractivity (Wildman–Crippen MR) is 128 cm³/mol. The number of carbonyl (C=O) groups excluding carboxylic acids is 1. The molecule has 0 radical (unpaired) electrons. The Morgan fingerprint density at radius 3 is 2.56 bits per heavy atom. The van der Waals surface area contributed by atoms with E-state index in [1.807, 2.05) is 48.5 Å². The van der Waals surface area contributed by atoms with E-state index in [9.17, 15) is 9.59 Å². The Morgan fingerprint density at radius 1 is 1.12 bits per heavy atom. The maximum absolute atomic E-state index is 14.0. The van der Waals surface area contributed by atoms with Crippen LogP contribution >= 0.6 is 11.8 Å². The first-order valence-electron chi connectivity index (χ1n) is 11.0. The fraction of sp³-hybridized carbons (Fsp3) is 0.346. The molecule has 0 N–H and O–H groups in total. The maximum atomic E-state index is 14.0. The highest BCUT2D eigenvalue weighted by Gasteiger charge is 2.38. The van der Waals surface area contributed by atoms with Gasteiger partial charge in [0, 0.05) is 11.0 Å². The molecule has 0 bridgehead atoms. The molecule has 0 saturated heterocycles. The molecular formula is C26H28N2O3S. The standard InChI is InChI=1S/C26H28N2O3S/c1-4-26(3)15-19-13-9-10-14-20(19)23-22(26)24(30)28(16-18-11-7-6-8-12-18)25(27-23)32-17-21(29)31-5-2/h6-14H,4-5,15-17H2,1-3H3/t26-/m1/s1. The van der Waals surface area contributed by atoms with Crippen LogP contribution in [-0.4, -0.2) is 27.9 Å². The number of fused-ring (bicyclic) bond motifs is 3. The summed E-state index contributed by atoms with van der Waals surface area (Å²) in [5.74, 6) is -0.199. The molecule has 0 aliphatic heterocycles. The molecule has 4 rings (SSSR count). The van der Waals surface area contributed by atoms with E-state index in [-0.39, 0.29) is 22.7 Å². The molecule has 0 unspecified atom stereocenters. The van der Waals surface area contributed by atoms with E-state index >= 15 is 0 Å². The second-order valence-corrected chi connectivity index (χ2v) is 9.28. The van der Waals surface area contributed by atoms with Gasteiger partial charge in [0.15, 0.2) is 5.16 Å². The number of carbonyl (C=O) groups is 1. The zero-order chi connectivity index (χ0) is 22.7. The normalized spacial score (nSPS) is 16.8. The molecule has 1 atom stereocenters. The molecule has 1 heterocycles. The summed E-state index contributed by atoms with van der Waals surface area (Å²) in [6, 6.07) is 18.1. The van der Waals surface area contributed by atoms with Crippen LogP contribution in [0.1, 0.15) is 43.9 Å². The first-order chi connectivity index (χ1) is 15.5. The van der Waals surface area contributed by atoms with Gasteiger partial charge in [0.25, 0.3) is 5.56 Å². The molecule has 1 aliphatic carbocycles. The van der Waals surface area contributed by atoms with Crippen LogP contribution in [0.15, 0.2) is 64.5 Å². The monoisotopic (exact) mass is 448 g/mol. The van der Waals surface area contributed by atoms with Gasteiger partial charge in [-0.25, -0.2) is 4.98 Å². The maximum Gasteiger partial charge on any atom is 0.316 e. The summed E-state index contributed by atoms with van der Waals surface area (Å²) in [6.07, 6.45) is 1.65. The minimum Gasteiger partial charge on any atom is -0.465 e. The predicted octanol–water partition coefficient (Wildman–Crippen LogP) is 4.84. The number of ether oxygens (including phenoxy) is 1. The van der Waals surface area contributed by atoms with E-state index < -0.39 is 0 Å². The lowest BCUT2D eigenvalue weighted by Gasteiger charge is -2.35. The molecule has 6 heteroatoms. The Balaban J connectivity index is 1.90. The number of thioether (sulfide) groups is 1. The van der Waals surface area contributed by atoms with Crippen molar-refractivity contribution in [2.24, 2.45) is 0 Å². The second kappa shape index (κ2) is 9.33. The molecule has 0 saturated carbocycles. The number of esters is 1. The Morgan fingerprint density at radius 2 is 1.84 bits per heavy atom. The fourth-order valence-electron chi connectivity index (χ4n) is 4.33. The van der Waals surface area contributed by atoms with Crippen molar-refractivity contribution in [2.45, 2.75) is 50.7 Å². The molecule has 0 amide bonds. The van der Waals surface area contributed by atoms with Gasteiger partial charge in [-0.2, -0.15) is 0 Å². The number of aromatic nitrogens is 2. The van der Waals surface area contributed by atoms with E-state index in [4.69, 9.17) is 9.72 Å². The van der Waals surface area contributed by atoms with Crippen molar-refractivity contribution in [3.63, 3.8) is 0 Å². The van der Waals surface area contributed by atoms with Crippen LogP contribution in [0.4, 0.5) is 0 Å². The molecule has 32 heavy (non-hydrogen) atoms. The van der Waals surface area contributed by atoms with Crippen LogP contribution in [0, 0.1) is 0 Å². The smallest absolute Gasteiger partial charge is 0.316 e. The Bertz CT molecular complexity index is 1190. The number of hydrogen-bond acceptors (Lipinski definition) is 5. The highest BCUT2D eigenvalue weighted by molar-refractivity contribution is 7.99. The average molecular weight is 449 g/mol. The van der Waals surface area contributed by atoms with Crippen molar-refractivity contribution in [3.05, 3.63) is 81.6 Å². The van der Waals surface area contributed by atoms with Crippen LogP contribution in [-0.2, 0) is 27.9 Å². The molecule has 1 aromatic heterocycles. The zero-order valence-corrected chi connectivity index (χ0v) is 19.6. The van der Waals surface area contributed by atoms with Gasteiger partial charge in [-0.15, -0.1) is 0 Å². The summed E-state index contributed by atoms with van der Waals surface area (Å²) in [6.45, 7) is 6.81. The first kappa shape index (κ1) is 22.3. The van der Waals surface area contributed by atoms with Crippen LogP contribution in [0.2, 0.25) is 0 Å². The lowest BCUT2D eigenvalue weighted by molar-refractivity contribution is -0.139. The Kier molecular flexibility index (Phi) is 6.51. The van der Waals surface area contributed by atoms with E-state index in [0.29, 0.717) is 18.3 Å². The third-order valence-electron chi connectivity index (χ3n) is 6.18. The van der Waals surface area contributed by atoms with Crippen molar-refractivity contribution >= 4 is 17.7 Å². The summed E-state index contributed by atoms with van der Waals surface area (Å²) in [4.78, 5) is 31.0. The quantitative estimate of drug-likeness (QED) is 0.294. The van der Waals surface area contributed by atoms with E-state index in [0.717, 1.165) is 35.2 Å². The zero-order valence-electron chi connectivity index (χ0n) is 18.8.